The van der Waals surface area contributed by atoms with Gasteiger partial charge >= 0.3 is 0 Å². The molecule has 3 nitrogen and oxygen atoms in total. The molecule has 2 aromatic rings. The third-order valence-electron chi connectivity index (χ3n) is 5.36. The third kappa shape index (κ3) is 4.69. The molecule has 1 fully saturated rings. The molecular weight excluding hydrogens is 310 g/mol. The number of rotatable bonds is 7. The Kier molecular flexibility index (Phi) is 6.24. The van der Waals surface area contributed by atoms with E-state index in [1.54, 1.807) is 0 Å². The van der Waals surface area contributed by atoms with Gasteiger partial charge in [0.2, 0.25) is 0 Å². The van der Waals surface area contributed by atoms with Crippen molar-refractivity contribution >= 4 is 0 Å². The molecule has 2 N–H and O–H groups in total. The molecule has 1 saturated heterocycles. The van der Waals surface area contributed by atoms with Crippen molar-refractivity contribution in [1.82, 2.24) is 4.90 Å². The van der Waals surface area contributed by atoms with Crippen molar-refractivity contribution in [2.75, 3.05) is 19.7 Å². The van der Waals surface area contributed by atoms with Crippen molar-refractivity contribution in [2.24, 2.45) is 0 Å². The normalized spacial score (nSPS) is 19.2. The average molecular weight is 339 g/mol. The van der Waals surface area contributed by atoms with E-state index < -0.39 is 6.10 Å². The quantitative estimate of drug-likeness (QED) is 0.806. The summed E-state index contributed by atoms with van der Waals surface area (Å²) < 4.78 is 0. The molecule has 3 heteroatoms. The topological polar surface area (TPSA) is 43.7 Å². The molecule has 0 amide bonds. The first-order valence-corrected chi connectivity index (χ1v) is 9.39. The van der Waals surface area contributed by atoms with Gasteiger partial charge in [-0.1, -0.05) is 48.5 Å². The van der Waals surface area contributed by atoms with Crippen LogP contribution in [0.3, 0.4) is 0 Å². The minimum Gasteiger partial charge on any atom is -0.396 e. The standard InChI is InChI=1S/C22H29NO2/c1-17-3-2-14-23(17)15-12-18-4-6-19(7-5-18)20-8-10-21(11-9-20)22(25)13-16-24/h4-11,17,22,24-25H,2-3,12-16H2,1H3. The summed E-state index contributed by atoms with van der Waals surface area (Å²) in [5.41, 5.74) is 4.59. The van der Waals surface area contributed by atoms with Gasteiger partial charge in [-0.3, -0.25) is 0 Å². The summed E-state index contributed by atoms with van der Waals surface area (Å²) in [5.74, 6) is 0. The van der Waals surface area contributed by atoms with Crippen LogP contribution in [0.25, 0.3) is 11.1 Å². The van der Waals surface area contributed by atoms with Gasteiger partial charge in [0, 0.05) is 25.6 Å². The van der Waals surface area contributed by atoms with Gasteiger partial charge in [0.15, 0.2) is 0 Å². The summed E-state index contributed by atoms with van der Waals surface area (Å²) in [6.45, 7) is 4.73. The van der Waals surface area contributed by atoms with Gasteiger partial charge in [0.1, 0.15) is 0 Å². The van der Waals surface area contributed by atoms with E-state index in [4.69, 9.17) is 5.11 Å². The predicted molar refractivity (Wildman–Crippen MR) is 103 cm³/mol. The molecule has 2 unspecified atom stereocenters. The number of aliphatic hydroxyl groups is 2. The third-order valence-corrected chi connectivity index (χ3v) is 5.36. The number of nitrogens with zero attached hydrogens (tertiary/aromatic N) is 1. The lowest BCUT2D eigenvalue weighted by Crippen LogP contribution is -2.28. The van der Waals surface area contributed by atoms with Crippen LogP contribution in [0.15, 0.2) is 48.5 Å². The highest BCUT2D eigenvalue weighted by Gasteiger charge is 2.19. The summed E-state index contributed by atoms with van der Waals surface area (Å²) in [6, 6.07) is 17.5. The van der Waals surface area contributed by atoms with Crippen molar-refractivity contribution in [2.45, 2.75) is 44.8 Å². The zero-order valence-corrected chi connectivity index (χ0v) is 15.1. The van der Waals surface area contributed by atoms with Crippen molar-refractivity contribution < 1.29 is 10.2 Å². The minimum absolute atomic E-state index is 0.000582. The van der Waals surface area contributed by atoms with E-state index in [2.05, 4.69) is 36.1 Å². The Morgan fingerprint density at radius 3 is 2.24 bits per heavy atom. The Morgan fingerprint density at radius 1 is 1.04 bits per heavy atom. The Labute approximate surface area is 150 Å². The second kappa shape index (κ2) is 8.61. The number of aliphatic hydroxyl groups excluding tert-OH is 2. The maximum Gasteiger partial charge on any atom is 0.0811 e. The van der Waals surface area contributed by atoms with Crippen LogP contribution in [0.2, 0.25) is 0 Å². The van der Waals surface area contributed by atoms with E-state index in [0.29, 0.717) is 6.42 Å². The van der Waals surface area contributed by atoms with Crippen LogP contribution in [0.1, 0.15) is 43.4 Å². The Morgan fingerprint density at radius 2 is 1.68 bits per heavy atom. The molecule has 0 aliphatic carbocycles. The van der Waals surface area contributed by atoms with Gasteiger partial charge in [0.05, 0.1) is 6.10 Å². The van der Waals surface area contributed by atoms with Gasteiger partial charge in [-0.2, -0.15) is 0 Å². The van der Waals surface area contributed by atoms with Crippen LogP contribution in [0, 0.1) is 0 Å². The van der Waals surface area contributed by atoms with Gasteiger partial charge in [-0.15, -0.1) is 0 Å². The SMILES string of the molecule is CC1CCCN1CCc1ccc(-c2ccc(C(O)CCO)cc2)cc1. The second-order valence-corrected chi connectivity index (χ2v) is 7.12. The molecule has 25 heavy (non-hydrogen) atoms. The first-order valence-electron chi connectivity index (χ1n) is 9.39. The van der Waals surface area contributed by atoms with E-state index in [1.807, 2.05) is 24.3 Å². The highest BCUT2D eigenvalue weighted by molar-refractivity contribution is 5.64. The number of hydrogen-bond acceptors (Lipinski definition) is 3. The molecule has 0 radical (unpaired) electrons. The van der Waals surface area contributed by atoms with Crippen LogP contribution in [-0.4, -0.2) is 40.9 Å². The van der Waals surface area contributed by atoms with Gasteiger partial charge in [-0.25, -0.2) is 0 Å². The van der Waals surface area contributed by atoms with Crippen molar-refractivity contribution in [1.29, 1.82) is 0 Å². The zero-order valence-electron chi connectivity index (χ0n) is 15.1. The van der Waals surface area contributed by atoms with E-state index in [1.165, 1.54) is 30.5 Å². The summed E-state index contributed by atoms with van der Waals surface area (Å²) >= 11 is 0. The van der Waals surface area contributed by atoms with Gasteiger partial charge in [0.25, 0.3) is 0 Å². The van der Waals surface area contributed by atoms with Gasteiger partial charge < -0.3 is 15.1 Å². The van der Waals surface area contributed by atoms with Gasteiger partial charge in [-0.05, 0) is 55.0 Å². The summed E-state index contributed by atoms with van der Waals surface area (Å²) in [5, 5.41) is 18.8. The molecule has 134 valence electrons. The largest absolute Gasteiger partial charge is 0.396 e. The van der Waals surface area contributed by atoms with Crippen LogP contribution in [0.5, 0.6) is 0 Å². The summed E-state index contributed by atoms with van der Waals surface area (Å²) in [4.78, 5) is 2.59. The molecule has 0 aromatic heterocycles. The van der Waals surface area contributed by atoms with Crippen molar-refractivity contribution in [3.05, 3.63) is 59.7 Å². The molecule has 1 aliphatic rings. The highest BCUT2D eigenvalue weighted by atomic mass is 16.3. The molecule has 1 heterocycles. The number of hydrogen-bond donors (Lipinski definition) is 2. The molecular formula is C22H29NO2. The molecule has 2 aromatic carbocycles. The first-order chi connectivity index (χ1) is 12.2. The molecule has 0 spiro atoms. The van der Waals surface area contributed by atoms with E-state index in [0.717, 1.165) is 30.1 Å². The Hall–Kier alpha value is -1.68. The molecule has 2 atom stereocenters. The monoisotopic (exact) mass is 339 g/mol. The van der Waals surface area contributed by atoms with Crippen molar-refractivity contribution in [3.63, 3.8) is 0 Å². The minimum atomic E-state index is -0.589. The fraction of sp³-hybridized carbons (Fsp3) is 0.455. The average Bonchev–Trinajstić information content (AvgIpc) is 3.06. The highest BCUT2D eigenvalue weighted by Crippen LogP contribution is 2.24. The summed E-state index contributed by atoms with van der Waals surface area (Å²) in [7, 11) is 0. The number of likely N-dealkylation sites (tertiary alicyclic amines) is 1. The molecule has 1 aliphatic heterocycles. The van der Waals surface area contributed by atoms with Crippen molar-refractivity contribution in [3.8, 4) is 11.1 Å². The maximum atomic E-state index is 9.92. The smallest absolute Gasteiger partial charge is 0.0811 e. The Bertz CT molecular complexity index is 651. The van der Waals surface area contributed by atoms with Crippen LogP contribution in [-0.2, 0) is 6.42 Å². The number of benzene rings is 2. The fourth-order valence-corrected chi connectivity index (χ4v) is 3.65. The zero-order chi connectivity index (χ0) is 17.6. The first kappa shape index (κ1) is 18.1. The molecule has 3 rings (SSSR count). The lowest BCUT2D eigenvalue weighted by Gasteiger charge is -2.20. The predicted octanol–water partition coefficient (Wildman–Crippen LogP) is 3.80. The lowest BCUT2D eigenvalue weighted by molar-refractivity contribution is 0.134. The second-order valence-electron chi connectivity index (χ2n) is 7.12. The summed E-state index contributed by atoms with van der Waals surface area (Å²) in [6.07, 6.45) is 3.57. The van der Waals surface area contributed by atoms with E-state index in [9.17, 15) is 5.11 Å². The maximum absolute atomic E-state index is 9.92. The lowest BCUT2D eigenvalue weighted by atomic mass is 9.99. The Balaban J connectivity index is 1.60. The molecule has 0 bridgehead atoms. The van der Waals surface area contributed by atoms with Crippen LogP contribution in [0.4, 0.5) is 0 Å². The molecule has 0 saturated carbocycles. The van der Waals surface area contributed by atoms with Crippen LogP contribution >= 0.6 is 0 Å². The van der Waals surface area contributed by atoms with Crippen LogP contribution < -0.4 is 0 Å². The fourth-order valence-electron chi connectivity index (χ4n) is 3.65. The van der Waals surface area contributed by atoms with E-state index >= 15 is 0 Å². The van der Waals surface area contributed by atoms with E-state index in [-0.39, 0.29) is 6.61 Å².